The molecule has 2 aromatic rings. The van der Waals surface area contributed by atoms with Gasteiger partial charge in [-0.1, -0.05) is 33.6 Å². The number of halogens is 2. The van der Waals surface area contributed by atoms with E-state index in [-0.39, 0.29) is 6.04 Å². The molecule has 2 N–H and O–H groups in total. The summed E-state index contributed by atoms with van der Waals surface area (Å²) < 4.78 is 12.2. The van der Waals surface area contributed by atoms with Gasteiger partial charge in [0.2, 0.25) is 0 Å². The van der Waals surface area contributed by atoms with Crippen LogP contribution in [0.25, 0.3) is 0 Å². The Hall–Kier alpha value is -1.23. The summed E-state index contributed by atoms with van der Waals surface area (Å²) in [4.78, 5) is 0. The van der Waals surface area contributed by atoms with Crippen LogP contribution in [0, 0.1) is 0 Å². The normalized spacial score (nSPS) is 12.0. The number of benzene rings is 2. The van der Waals surface area contributed by atoms with Crippen LogP contribution in [-0.4, -0.2) is 7.11 Å². The third-order valence-corrected chi connectivity index (χ3v) is 3.82. The van der Waals surface area contributed by atoms with Crippen molar-refractivity contribution in [3.05, 3.63) is 57.0 Å². The zero-order chi connectivity index (χ0) is 15.4. The minimum absolute atomic E-state index is 0.102. The van der Waals surface area contributed by atoms with Crippen LogP contribution in [0.5, 0.6) is 11.5 Å². The standard InChI is InChI=1S/C16H17BrClNO2/c1-10(19)14-5-3-12(17)8-16(14)21-9-11-7-13(18)4-6-15(11)20-2/h3-8,10H,9,19H2,1-2H3. The van der Waals surface area contributed by atoms with E-state index in [9.17, 15) is 0 Å². The molecule has 0 amide bonds. The summed E-state index contributed by atoms with van der Waals surface area (Å²) in [5.74, 6) is 1.50. The highest BCUT2D eigenvalue weighted by atomic mass is 79.9. The summed E-state index contributed by atoms with van der Waals surface area (Å²) in [5, 5.41) is 0.649. The van der Waals surface area contributed by atoms with Crippen molar-refractivity contribution in [2.75, 3.05) is 7.11 Å². The van der Waals surface area contributed by atoms with E-state index < -0.39 is 0 Å². The van der Waals surface area contributed by atoms with Gasteiger partial charge in [0.05, 0.1) is 7.11 Å². The Morgan fingerprint density at radius 3 is 2.62 bits per heavy atom. The molecular weight excluding hydrogens is 354 g/mol. The van der Waals surface area contributed by atoms with Gasteiger partial charge in [-0.3, -0.25) is 0 Å². The summed E-state index contributed by atoms with van der Waals surface area (Å²) in [7, 11) is 1.62. The van der Waals surface area contributed by atoms with Crippen molar-refractivity contribution in [2.24, 2.45) is 5.73 Å². The zero-order valence-electron chi connectivity index (χ0n) is 11.9. The van der Waals surface area contributed by atoms with Gasteiger partial charge in [-0.2, -0.15) is 0 Å². The Morgan fingerprint density at radius 2 is 1.95 bits per heavy atom. The summed E-state index contributed by atoms with van der Waals surface area (Å²) >= 11 is 9.47. The Bertz CT molecular complexity index is 632. The Morgan fingerprint density at radius 1 is 1.19 bits per heavy atom. The number of methoxy groups -OCH3 is 1. The zero-order valence-corrected chi connectivity index (χ0v) is 14.2. The molecule has 0 radical (unpaired) electrons. The highest BCUT2D eigenvalue weighted by molar-refractivity contribution is 9.10. The molecule has 0 heterocycles. The van der Waals surface area contributed by atoms with Crippen LogP contribution in [0.2, 0.25) is 5.02 Å². The molecule has 0 aliphatic carbocycles. The molecule has 0 aromatic heterocycles. The second kappa shape index (κ2) is 7.16. The highest BCUT2D eigenvalue weighted by Crippen LogP contribution is 2.30. The highest BCUT2D eigenvalue weighted by Gasteiger charge is 2.11. The van der Waals surface area contributed by atoms with Gasteiger partial charge < -0.3 is 15.2 Å². The van der Waals surface area contributed by atoms with Crippen LogP contribution in [0.3, 0.4) is 0 Å². The lowest BCUT2D eigenvalue weighted by Gasteiger charge is -2.16. The average Bonchev–Trinajstić information content (AvgIpc) is 2.45. The van der Waals surface area contributed by atoms with Gasteiger partial charge in [-0.25, -0.2) is 0 Å². The molecule has 2 rings (SSSR count). The fourth-order valence-electron chi connectivity index (χ4n) is 2.02. The number of nitrogens with two attached hydrogens (primary N) is 1. The number of hydrogen-bond acceptors (Lipinski definition) is 3. The van der Waals surface area contributed by atoms with Crippen molar-refractivity contribution in [2.45, 2.75) is 19.6 Å². The molecule has 5 heteroatoms. The van der Waals surface area contributed by atoms with E-state index in [1.54, 1.807) is 13.2 Å². The summed E-state index contributed by atoms with van der Waals surface area (Å²) in [6, 6.07) is 11.2. The maximum Gasteiger partial charge on any atom is 0.125 e. The number of hydrogen-bond donors (Lipinski definition) is 1. The maximum atomic E-state index is 6.02. The molecule has 2 aromatic carbocycles. The van der Waals surface area contributed by atoms with Crippen LogP contribution >= 0.6 is 27.5 Å². The Kier molecular flexibility index (Phi) is 5.51. The van der Waals surface area contributed by atoms with Crippen LogP contribution in [0.4, 0.5) is 0 Å². The Balaban J connectivity index is 2.24. The molecular formula is C16H17BrClNO2. The summed E-state index contributed by atoms with van der Waals surface area (Å²) in [5.41, 5.74) is 7.82. The molecule has 0 bridgehead atoms. The molecule has 1 atom stereocenters. The fourth-order valence-corrected chi connectivity index (χ4v) is 2.56. The predicted octanol–water partition coefficient (Wildman–Crippen LogP) is 4.71. The first-order valence-corrected chi connectivity index (χ1v) is 7.68. The average molecular weight is 371 g/mol. The van der Waals surface area contributed by atoms with Crippen molar-refractivity contribution in [1.82, 2.24) is 0 Å². The minimum atomic E-state index is -0.102. The molecule has 0 aliphatic rings. The third kappa shape index (κ3) is 4.13. The lowest BCUT2D eigenvalue weighted by molar-refractivity contribution is 0.292. The SMILES string of the molecule is COc1ccc(Cl)cc1COc1cc(Br)ccc1C(C)N. The largest absolute Gasteiger partial charge is 0.496 e. The molecule has 21 heavy (non-hydrogen) atoms. The van der Waals surface area contributed by atoms with Crippen molar-refractivity contribution in [3.8, 4) is 11.5 Å². The minimum Gasteiger partial charge on any atom is -0.496 e. The number of rotatable bonds is 5. The molecule has 112 valence electrons. The summed E-state index contributed by atoms with van der Waals surface area (Å²) in [6.07, 6.45) is 0. The monoisotopic (exact) mass is 369 g/mol. The van der Waals surface area contributed by atoms with Gasteiger partial charge >= 0.3 is 0 Å². The van der Waals surface area contributed by atoms with E-state index in [0.717, 1.165) is 27.1 Å². The van der Waals surface area contributed by atoms with Gasteiger partial charge in [0.15, 0.2) is 0 Å². The molecule has 0 spiro atoms. The lowest BCUT2D eigenvalue weighted by Crippen LogP contribution is -2.08. The second-order valence-electron chi connectivity index (χ2n) is 4.72. The fraction of sp³-hybridized carbons (Fsp3) is 0.250. The van der Waals surface area contributed by atoms with Crippen molar-refractivity contribution in [3.63, 3.8) is 0 Å². The van der Waals surface area contributed by atoms with Crippen molar-refractivity contribution >= 4 is 27.5 Å². The van der Waals surface area contributed by atoms with E-state index in [4.69, 9.17) is 26.8 Å². The molecule has 0 aliphatic heterocycles. The first-order chi connectivity index (χ1) is 10.0. The van der Waals surface area contributed by atoms with Gasteiger partial charge in [-0.15, -0.1) is 0 Å². The molecule has 3 nitrogen and oxygen atoms in total. The van der Waals surface area contributed by atoms with E-state index in [1.807, 2.05) is 37.3 Å². The van der Waals surface area contributed by atoms with Gasteiger partial charge in [0.25, 0.3) is 0 Å². The topological polar surface area (TPSA) is 44.5 Å². The predicted molar refractivity (Wildman–Crippen MR) is 89.1 cm³/mol. The quantitative estimate of drug-likeness (QED) is 0.829. The first kappa shape index (κ1) is 16.1. The van der Waals surface area contributed by atoms with Gasteiger partial charge in [-0.05, 0) is 37.3 Å². The van der Waals surface area contributed by atoms with E-state index in [1.165, 1.54) is 0 Å². The molecule has 0 saturated heterocycles. The van der Waals surface area contributed by atoms with Crippen LogP contribution < -0.4 is 15.2 Å². The van der Waals surface area contributed by atoms with Crippen LogP contribution in [0.15, 0.2) is 40.9 Å². The van der Waals surface area contributed by atoms with Crippen molar-refractivity contribution in [1.29, 1.82) is 0 Å². The third-order valence-electron chi connectivity index (χ3n) is 3.09. The first-order valence-electron chi connectivity index (χ1n) is 6.51. The summed E-state index contributed by atoms with van der Waals surface area (Å²) in [6.45, 7) is 2.29. The van der Waals surface area contributed by atoms with E-state index in [2.05, 4.69) is 15.9 Å². The smallest absolute Gasteiger partial charge is 0.125 e. The second-order valence-corrected chi connectivity index (χ2v) is 6.07. The van der Waals surface area contributed by atoms with E-state index in [0.29, 0.717) is 11.6 Å². The van der Waals surface area contributed by atoms with Gasteiger partial charge in [0.1, 0.15) is 18.1 Å². The van der Waals surface area contributed by atoms with Crippen molar-refractivity contribution < 1.29 is 9.47 Å². The molecule has 0 saturated carbocycles. The Labute approximate surface area is 138 Å². The van der Waals surface area contributed by atoms with E-state index >= 15 is 0 Å². The lowest BCUT2D eigenvalue weighted by atomic mass is 10.1. The molecule has 1 unspecified atom stereocenters. The maximum absolute atomic E-state index is 6.02. The number of ether oxygens (including phenoxy) is 2. The van der Waals surface area contributed by atoms with Crippen LogP contribution in [-0.2, 0) is 6.61 Å². The van der Waals surface area contributed by atoms with Gasteiger partial charge in [0, 0.05) is 26.7 Å². The van der Waals surface area contributed by atoms with Crippen LogP contribution in [0.1, 0.15) is 24.1 Å². The molecule has 0 fully saturated rings.